The second-order valence-corrected chi connectivity index (χ2v) is 10.5. The van der Waals surface area contributed by atoms with E-state index in [9.17, 15) is 18.0 Å². The highest BCUT2D eigenvalue weighted by atomic mass is 32.2. The topological polar surface area (TPSA) is 117 Å². The van der Waals surface area contributed by atoms with Gasteiger partial charge in [0.05, 0.1) is 6.54 Å². The predicted octanol–water partition coefficient (Wildman–Crippen LogP) is 3.25. The molecular weight excluding hydrogens is 438 g/mol. The van der Waals surface area contributed by atoms with Crippen LogP contribution >= 0.6 is 11.3 Å². The molecule has 31 heavy (non-hydrogen) atoms. The lowest BCUT2D eigenvalue weighted by Crippen LogP contribution is -2.35. The minimum atomic E-state index is -3.66. The number of hydrogen-bond acceptors (Lipinski definition) is 6. The van der Waals surface area contributed by atoms with E-state index in [1.165, 1.54) is 11.0 Å². The zero-order valence-corrected chi connectivity index (χ0v) is 19.4. The maximum absolute atomic E-state index is 12.7. The van der Waals surface area contributed by atoms with Crippen LogP contribution in [0.5, 0.6) is 0 Å². The smallest absolute Gasteiger partial charge is 0.394 e. The molecule has 0 aromatic carbocycles. The second-order valence-electron chi connectivity index (χ2n) is 7.31. The van der Waals surface area contributed by atoms with E-state index in [1.54, 1.807) is 30.6 Å². The van der Waals surface area contributed by atoms with Crippen molar-refractivity contribution >= 4 is 33.2 Å². The Hall–Kier alpha value is -2.30. The van der Waals surface area contributed by atoms with Gasteiger partial charge in [0.25, 0.3) is 0 Å². The minimum Gasteiger partial charge on any atom is -0.474 e. The van der Waals surface area contributed by atoms with Crippen LogP contribution < -0.4 is 4.72 Å². The Bertz CT molecular complexity index is 960. The van der Waals surface area contributed by atoms with E-state index in [0.29, 0.717) is 11.4 Å². The van der Waals surface area contributed by atoms with Crippen LogP contribution in [0.1, 0.15) is 50.0 Å². The van der Waals surface area contributed by atoms with Gasteiger partial charge in [0, 0.05) is 30.4 Å². The van der Waals surface area contributed by atoms with Crippen LogP contribution in [0.25, 0.3) is 0 Å². The van der Waals surface area contributed by atoms with Crippen LogP contribution in [0.3, 0.4) is 0 Å². The van der Waals surface area contributed by atoms with Gasteiger partial charge in [-0.15, -0.1) is 11.3 Å². The number of hydrogen-bond donors (Lipinski definition) is 2. The van der Waals surface area contributed by atoms with Gasteiger partial charge in [-0.3, -0.25) is 9.78 Å². The van der Waals surface area contributed by atoms with Crippen LogP contribution in [0, 0.1) is 5.92 Å². The summed E-state index contributed by atoms with van der Waals surface area (Å²) >= 11 is 1.04. The molecule has 2 rings (SSSR count). The second kappa shape index (κ2) is 11.9. The first-order valence-corrected chi connectivity index (χ1v) is 12.6. The molecule has 0 radical (unpaired) electrons. The molecule has 170 valence electrons. The van der Waals surface area contributed by atoms with E-state index in [1.807, 2.05) is 0 Å². The lowest BCUT2D eigenvalue weighted by molar-refractivity contribution is -0.156. The fourth-order valence-corrected chi connectivity index (χ4v) is 5.59. The van der Waals surface area contributed by atoms with Crippen molar-refractivity contribution in [2.24, 2.45) is 5.92 Å². The van der Waals surface area contributed by atoms with Gasteiger partial charge in [0.1, 0.15) is 4.21 Å². The van der Waals surface area contributed by atoms with E-state index in [2.05, 4.69) is 23.6 Å². The number of carbonyl (C=O) groups is 2. The standard InChI is InChI=1S/C21H29N3O5S2/c1-3-5-6-16(4-2)13-23-31(28,29)19-8-7-18(30-19)15-24(20(25)21(26)27)14-17-9-11-22-12-10-17/h7-12,16,23H,3-6,13-15H2,1-2H3,(H,26,27). The van der Waals surface area contributed by atoms with Gasteiger partial charge in [0.15, 0.2) is 0 Å². The maximum atomic E-state index is 12.7. The zero-order chi connectivity index (χ0) is 22.9. The number of aromatic nitrogens is 1. The zero-order valence-electron chi connectivity index (χ0n) is 17.8. The molecule has 0 bridgehead atoms. The first-order chi connectivity index (χ1) is 14.8. The van der Waals surface area contributed by atoms with Gasteiger partial charge in [-0.25, -0.2) is 17.9 Å². The van der Waals surface area contributed by atoms with Gasteiger partial charge in [-0.1, -0.05) is 33.1 Å². The number of thiophene rings is 1. The molecule has 0 fully saturated rings. The Labute approximate surface area is 187 Å². The average molecular weight is 468 g/mol. The summed E-state index contributed by atoms with van der Waals surface area (Å²) in [5.74, 6) is -2.31. The Kier molecular flexibility index (Phi) is 9.60. The van der Waals surface area contributed by atoms with E-state index in [4.69, 9.17) is 5.11 Å². The van der Waals surface area contributed by atoms with Crippen molar-refractivity contribution in [1.29, 1.82) is 0 Å². The van der Waals surface area contributed by atoms with Gasteiger partial charge in [0.2, 0.25) is 10.0 Å². The van der Waals surface area contributed by atoms with E-state index in [0.717, 1.165) is 42.6 Å². The van der Waals surface area contributed by atoms with Crippen molar-refractivity contribution in [1.82, 2.24) is 14.6 Å². The summed E-state index contributed by atoms with van der Waals surface area (Å²) in [4.78, 5) is 29.0. The molecule has 1 unspecified atom stereocenters. The van der Waals surface area contributed by atoms with Crippen molar-refractivity contribution in [2.45, 2.75) is 56.8 Å². The summed E-state index contributed by atoms with van der Waals surface area (Å²) in [6.07, 6.45) is 7.14. The van der Waals surface area contributed by atoms with Crippen molar-refractivity contribution in [3.8, 4) is 0 Å². The summed E-state index contributed by atoms with van der Waals surface area (Å²) < 4.78 is 28.2. The van der Waals surface area contributed by atoms with Gasteiger partial charge in [-0.05, 0) is 42.2 Å². The molecule has 1 atom stereocenters. The Morgan fingerprint density at radius 1 is 1.16 bits per heavy atom. The van der Waals surface area contributed by atoms with Crippen LogP contribution in [0.2, 0.25) is 0 Å². The van der Waals surface area contributed by atoms with E-state index < -0.39 is 21.9 Å². The summed E-state index contributed by atoms with van der Waals surface area (Å²) in [6.45, 7) is 4.63. The number of nitrogens with one attached hydrogen (secondary N) is 1. The number of sulfonamides is 1. The molecule has 2 aromatic rings. The number of aliphatic carboxylic acids is 1. The number of carboxylic acids is 1. The number of nitrogens with zero attached hydrogens (tertiary/aromatic N) is 2. The molecule has 10 heteroatoms. The number of pyridine rings is 1. The number of amides is 1. The third kappa shape index (κ3) is 7.71. The monoisotopic (exact) mass is 467 g/mol. The SMILES string of the molecule is CCCCC(CC)CNS(=O)(=O)c1ccc(CN(Cc2ccncc2)C(=O)C(=O)O)s1. The van der Waals surface area contributed by atoms with E-state index >= 15 is 0 Å². The highest BCUT2D eigenvalue weighted by molar-refractivity contribution is 7.91. The molecule has 0 aliphatic rings. The molecule has 2 aromatic heterocycles. The first kappa shape index (κ1) is 25.0. The molecule has 1 amide bonds. The third-order valence-electron chi connectivity index (χ3n) is 4.95. The average Bonchev–Trinajstić information content (AvgIpc) is 3.23. The molecule has 0 spiro atoms. The number of unbranched alkanes of at least 4 members (excludes halogenated alkanes) is 1. The molecule has 0 aliphatic heterocycles. The normalized spacial score (nSPS) is 12.5. The summed E-state index contributed by atoms with van der Waals surface area (Å²) in [5.41, 5.74) is 0.730. The van der Waals surface area contributed by atoms with Crippen LogP contribution in [-0.4, -0.2) is 41.8 Å². The number of rotatable bonds is 12. The molecule has 2 heterocycles. The van der Waals surface area contributed by atoms with Crippen molar-refractivity contribution in [3.05, 3.63) is 47.1 Å². The van der Waals surface area contributed by atoms with Crippen molar-refractivity contribution < 1.29 is 23.1 Å². The first-order valence-electron chi connectivity index (χ1n) is 10.3. The number of carboxylic acid groups (broad SMARTS) is 1. The Morgan fingerprint density at radius 2 is 1.87 bits per heavy atom. The summed E-state index contributed by atoms with van der Waals surface area (Å²) in [6, 6.07) is 6.49. The highest BCUT2D eigenvalue weighted by Crippen LogP contribution is 2.24. The molecule has 2 N–H and O–H groups in total. The quantitative estimate of drug-likeness (QED) is 0.463. The number of carbonyl (C=O) groups excluding carboxylic acids is 1. The minimum absolute atomic E-state index is 0.00171. The van der Waals surface area contributed by atoms with Crippen molar-refractivity contribution in [2.75, 3.05) is 6.54 Å². The molecule has 0 saturated heterocycles. The summed E-state index contributed by atoms with van der Waals surface area (Å²) in [7, 11) is -3.66. The Morgan fingerprint density at radius 3 is 2.48 bits per heavy atom. The largest absolute Gasteiger partial charge is 0.474 e. The van der Waals surface area contributed by atoms with Crippen LogP contribution in [0.15, 0.2) is 40.9 Å². The summed E-state index contributed by atoms with van der Waals surface area (Å²) in [5, 5.41) is 9.14. The third-order valence-corrected chi connectivity index (χ3v) is 7.93. The van der Waals surface area contributed by atoms with Gasteiger partial charge >= 0.3 is 11.9 Å². The van der Waals surface area contributed by atoms with Crippen LogP contribution in [0.4, 0.5) is 0 Å². The van der Waals surface area contributed by atoms with E-state index in [-0.39, 0.29) is 23.2 Å². The van der Waals surface area contributed by atoms with Gasteiger partial charge < -0.3 is 10.0 Å². The maximum Gasteiger partial charge on any atom is 0.394 e. The van der Waals surface area contributed by atoms with Crippen LogP contribution in [-0.2, 0) is 32.7 Å². The lowest BCUT2D eigenvalue weighted by Gasteiger charge is -2.20. The highest BCUT2D eigenvalue weighted by Gasteiger charge is 2.24. The molecule has 8 nitrogen and oxygen atoms in total. The fourth-order valence-electron chi connectivity index (χ4n) is 3.06. The Balaban J connectivity index is 2.09. The molecular formula is C21H29N3O5S2. The molecule has 0 saturated carbocycles. The molecule has 0 aliphatic carbocycles. The predicted molar refractivity (Wildman–Crippen MR) is 119 cm³/mol. The van der Waals surface area contributed by atoms with Gasteiger partial charge in [-0.2, -0.15) is 0 Å². The lowest BCUT2D eigenvalue weighted by atomic mass is 10.00. The van der Waals surface area contributed by atoms with Crippen molar-refractivity contribution in [3.63, 3.8) is 0 Å². The fraction of sp³-hybridized carbons (Fsp3) is 0.476.